The van der Waals surface area contributed by atoms with Gasteiger partial charge in [-0.3, -0.25) is 9.71 Å². The number of rotatable bonds is 6. The fourth-order valence-electron chi connectivity index (χ4n) is 1.70. The van der Waals surface area contributed by atoms with E-state index in [-0.39, 0.29) is 10.8 Å². The molecule has 0 aliphatic rings. The summed E-state index contributed by atoms with van der Waals surface area (Å²) < 4.78 is 27.4. The van der Waals surface area contributed by atoms with Crippen molar-refractivity contribution in [3.8, 4) is 0 Å². The summed E-state index contributed by atoms with van der Waals surface area (Å²) in [5.74, 6) is 0.259. The van der Waals surface area contributed by atoms with Crippen LogP contribution in [0.4, 0.5) is 10.8 Å². The fraction of sp³-hybridized carbons (Fsp3) is 0.385. The minimum absolute atomic E-state index is 0.119. The van der Waals surface area contributed by atoms with Crippen LogP contribution in [0.3, 0.4) is 0 Å². The molecule has 2 heterocycles. The molecule has 0 saturated carbocycles. The number of anilines is 2. The van der Waals surface area contributed by atoms with Crippen LogP contribution in [0.2, 0.25) is 0 Å². The van der Waals surface area contributed by atoms with Crippen LogP contribution < -0.4 is 10.0 Å². The van der Waals surface area contributed by atoms with Crippen LogP contribution in [0.25, 0.3) is 0 Å². The molecule has 21 heavy (non-hydrogen) atoms. The molecule has 2 N–H and O–H groups in total. The molecule has 2 aromatic heterocycles. The maximum Gasteiger partial charge on any atom is 0.267 e. The second kappa shape index (κ2) is 6.40. The van der Waals surface area contributed by atoms with Gasteiger partial charge in [-0.15, -0.1) is 11.3 Å². The molecule has 114 valence electrons. The van der Waals surface area contributed by atoms with Crippen LogP contribution >= 0.6 is 11.3 Å². The van der Waals surface area contributed by atoms with E-state index in [1.807, 2.05) is 26.2 Å². The van der Waals surface area contributed by atoms with Crippen molar-refractivity contribution in [1.29, 1.82) is 0 Å². The summed E-state index contributed by atoms with van der Waals surface area (Å²) in [5.41, 5.74) is 1.40. The van der Waals surface area contributed by atoms with E-state index < -0.39 is 10.0 Å². The molecular weight excluding hydrogens is 308 g/mol. The first kappa shape index (κ1) is 15.7. The zero-order valence-corrected chi connectivity index (χ0v) is 13.8. The molecule has 6 nitrogen and oxygen atoms in total. The fourth-order valence-corrected chi connectivity index (χ4v) is 3.95. The highest BCUT2D eigenvalue weighted by atomic mass is 32.2. The highest BCUT2D eigenvalue weighted by molar-refractivity contribution is 7.93. The standard InChI is InChI=1S/C13H18N4O2S2/c1-4-15-10-5-6-14-7-12(10)21(18,19)17-13-16-11(8-20-13)9(2)3/h5-9H,4H2,1-3H3,(H,14,15)(H,16,17). The summed E-state index contributed by atoms with van der Waals surface area (Å²) in [7, 11) is -3.71. The van der Waals surface area contributed by atoms with E-state index in [1.54, 1.807) is 12.3 Å². The van der Waals surface area contributed by atoms with Gasteiger partial charge in [-0.1, -0.05) is 13.8 Å². The zero-order valence-electron chi connectivity index (χ0n) is 12.1. The lowest BCUT2D eigenvalue weighted by Crippen LogP contribution is -2.15. The lowest BCUT2D eigenvalue weighted by molar-refractivity contribution is 0.601. The van der Waals surface area contributed by atoms with Crippen molar-refractivity contribution in [3.05, 3.63) is 29.5 Å². The van der Waals surface area contributed by atoms with Gasteiger partial charge in [0.15, 0.2) is 5.13 Å². The Hall–Kier alpha value is -1.67. The summed E-state index contributed by atoms with van der Waals surface area (Å²) in [6.45, 7) is 6.55. The average molecular weight is 326 g/mol. The number of pyridine rings is 1. The van der Waals surface area contributed by atoms with Crippen molar-refractivity contribution < 1.29 is 8.42 Å². The lowest BCUT2D eigenvalue weighted by Gasteiger charge is -2.10. The summed E-state index contributed by atoms with van der Waals surface area (Å²) >= 11 is 1.28. The summed E-state index contributed by atoms with van der Waals surface area (Å²) in [6.07, 6.45) is 2.88. The maximum absolute atomic E-state index is 12.5. The van der Waals surface area contributed by atoms with Crippen molar-refractivity contribution in [3.63, 3.8) is 0 Å². The number of sulfonamides is 1. The maximum atomic E-state index is 12.5. The monoisotopic (exact) mass is 326 g/mol. The van der Waals surface area contributed by atoms with Crippen LogP contribution in [-0.2, 0) is 10.0 Å². The Balaban J connectivity index is 2.29. The van der Waals surface area contributed by atoms with Crippen LogP contribution in [0.1, 0.15) is 32.4 Å². The highest BCUT2D eigenvalue weighted by Crippen LogP contribution is 2.26. The molecule has 0 unspecified atom stereocenters. The van der Waals surface area contributed by atoms with Gasteiger partial charge in [-0.2, -0.15) is 0 Å². The zero-order chi connectivity index (χ0) is 15.5. The smallest absolute Gasteiger partial charge is 0.267 e. The first-order valence-electron chi connectivity index (χ1n) is 6.60. The van der Waals surface area contributed by atoms with Gasteiger partial charge < -0.3 is 5.32 Å². The van der Waals surface area contributed by atoms with Crippen molar-refractivity contribution in [2.24, 2.45) is 0 Å². The van der Waals surface area contributed by atoms with E-state index in [0.29, 0.717) is 17.4 Å². The number of nitrogens with one attached hydrogen (secondary N) is 2. The third kappa shape index (κ3) is 3.70. The van der Waals surface area contributed by atoms with Crippen LogP contribution in [0.15, 0.2) is 28.7 Å². The Kier molecular flexibility index (Phi) is 4.79. The van der Waals surface area contributed by atoms with Crippen LogP contribution in [0, 0.1) is 0 Å². The van der Waals surface area contributed by atoms with Gasteiger partial charge in [0.25, 0.3) is 10.0 Å². The first-order valence-corrected chi connectivity index (χ1v) is 8.96. The summed E-state index contributed by atoms with van der Waals surface area (Å²) in [5, 5.41) is 5.24. The van der Waals surface area contributed by atoms with Gasteiger partial charge in [-0.25, -0.2) is 13.4 Å². The van der Waals surface area contributed by atoms with Gasteiger partial charge in [0, 0.05) is 24.3 Å². The third-order valence-electron chi connectivity index (χ3n) is 2.78. The van der Waals surface area contributed by atoms with E-state index in [0.717, 1.165) is 5.69 Å². The van der Waals surface area contributed by atoms with Crippen molar-refractivity contribution in [2.75, 3.05) is 16.6 Å². The number of hydrogen-bond donors (Lipinski definition) is 2. The Morgan fingerprint density at radius 3 is 2.76 bits per heavy atom. The Labute approximate surface area is 128 Å². The number of aromatic nitrogens is 2. The second-order valence-electron chi connectivity index (χ2n) is 4.74. The minimum atomic E-state index is -3.71. The van der Waals surface area contributed by atoms with Crippen molar-refractivity contribution in [2.45, 2.75) is 31.6 Å². The molecular formula is C13H18N4O2S2. The molecule has 0 aliphatic heterocycles. The molecule has 0 atom stereocenters. The highest BCUT2D eigenvalue weighted by Gasteiger charge is 2.20. The molecule has 0 radical (unpaired) electrons. The molecule has 8 heteroatoms. The average Bonchev–Trinajstić information content (AvgIpc) is 2.87. The lowest BCUT2D eigenvalue weighted by atomic mass is 10.2. The van der Waals surface area contributed by atoms with E-state index in [4.69, 9.17) is 0 Å². The van der Waals surface area contributed by atoms with Crippen LogP contribution in [-0.4, -0.2) is 24.9 Å². The van der Waals surface area contributed by atoms with Crippen molar-refractivity contribution in [1.82, 2.24) is 9.97 Å². The van der Waals surface area contributed by atoms with Crippen molar-refractivity contribution >= 4 is 32.2 Å². The van der Waals surface area contributed by atoms with E-state index in [1.165, 1.54) is 17.5 Å². The predicted molar refractivity (Wildman–Crippen MR) is 85.4 cm³/mol. The molecule has 0 amide bonds. The minimum Gasteiger partial charge on any atom is -0.384 e. The molecule has 0 fully saturated rings. The molecule has 2 rings (SSSR count). The van der Waals surface area contributed by atoms with Gasteiger partial charge in [0.2, 0.25) is 0 Å². The largest absolute Gasteiger partial charge is 0.384 e. The Morgan fingerprint density at radius 2 is 2.14 bits per heavy atom. The molecule has 2 aromatic rings. The van der Waals surface area contributed by atoms with E-state index in [2.05, 4.69) is 20.0 Å². The van der Waals surface area contributed by atoms with Gasteiger partial charge in [0.1, 0.15) is 4.90 Å². The van der Waals surface area contributed by atoms with Gasteiger partial charge >= 0.3 is 0 Å². The molecule has 0 saturated heterocycles. The summed E-state index contributed by atoms with van der Waals surface area (Å²) in [6, 6.07) is 1.64. The number of hydrogen-bond acceptors (Lipinski definition) is 6. The second-order valence-corrected chi connectivity index (χ2v) is 7.25. The van der Waals surface area contributed by atoms with Gasteiger partial charge in [0.05, 0.1) is 11.4 Å². The molecule has 0 spiro atoms. The van der Waals surface area contributed by atoms with E-state index >= 15 is 0 Å². The number of thiazole rings is 1. The quantitative estimate of drug-likeness (QED) is 0.852. The number of nitrogens with zero attached hydrogens (tertiary/aromatic N) is 2. The third-order valence-corrected chi connectivity index (χ3v) is 5.05. The first-order chi connectivity index (χ1) is 9.94. The van der Waals surface area contributed by atoms with Crippen LogP contribution in [0.5, 0.6) is 0 Å². The topological polar surface area (TPSA) is 84.0 Å². The molecule has 0 aliphatic carbocycles. The Morgan fingerprint density at radius 1 is 1.38 bits per heavy atom. The van der Waals surface area contributed by atoms with E-state index in [9.17, 15) is 8.42 Å². The molecule has 0 bridgehead atoms. The molecule has 0 aromatic carbocycles. The van der Waals surface area contributed by atoms with Gasteiger partial charge in [-0.05, 0) is 18.9 Å². The summed E-state index contributed by atoms with van der Waals surface area (Å²) in [4.78, 5) is 8.29. The Bertz CT molecular complexity index is 710. The normalized spacial score (nSPS) is 11.6. The SMILES string of the molecule is CCNc1ccncc1S(=O)(=O)Nc1nc(C(C)C)cs1. The predicted octanol–water partition coefficient (Wildman–Crippen LogP) is 2.89.